The quantitative estimate of drug-likeness (QED) is 0.199. The second kappa shape index (κ2) is 11.2. The standard InChI is InChI=1S/C23H35N3O8SSi/c1-8-13-33-26(35(31,32)21-12-10-9-11-19(21)25(29)30)18-14-17(2)20(24(15-18)22(27)28)16-34-36(6,7)23(3,4)5/h8-12,14,18,20H,1,13,15-16H2,2-7H3,(H,27,28)/t18-,20-/m1/s1. The molecule has 1 amide bonds. The van der Waals surface area contributed by atoms with E-state index < -0.39 is 52.0 Å². The lowest BCUT2D eigenvalue weighted by molar-refractivity contribution is -0.387. The van der Waals surface area contributed by atoms with Crippen LogP contribution in [0.3, 0.4) is 0 Å². The topological polar surface area (TPSA) is 140 Å². The van der Waals surface area contributed by atoms with Crippen LogP contribution in [0.5, 0.6) is 0 Å². The predicted molar refractivity (Wildman–Crippen MR) is 137 cm³/mol. The van der Waals surface area contributed by atoms with Gasteiger partial charge in [-0.1, -0.05) is 55.1 Å². The van der Waals surface area contributed by atoms with Crippen molar-refractivity contribution in [2.24, 2.45) is 0 Å². The summed E-state index contributed by atoms with van der Waals surface area (Å²) in [5, 5.41) is 21.4. The van der Waals surface area contributed by atoms with Gasteiger partial charge in [-0.15, -0.1) is 6.58 Å². The molecule has 1 heterocycles. The largest absolute Gasteiger partial charge is 0.465 e. The lowest BCUT2D eigenvalue weighted by Crippen LogP contribution is -2.56. The van der Waals surface area contributed by atoms with E-state index in [4.69, 9.17) is 9.26 Å². The van der Waals surface area contributed by atoms with Gasteiger partial charge in [-0.25, -0.2) is 13.2 Å². The van der Waals surface area contributed by atoms with Gasteiger partial charge in [0, 0.05) is 12.6 Å². The van der Waals surface area contributed by atoms with Crippen molar-refractivity contribution < 1.29 is 32.5 Å². The van der Waals surface area contributed by atoms with Crippen LogP contribution in [0.25, 0.3) is 0 Å². The van der Waals surface area contributed by atoms with Gasteiger partial charge >= 0.3 is 6.09 Å². The molecule has 0 fully saturated rings. The first kappa shape index (κ1) is 29.6. The van der Waals surface area contributed by atoms with Crippen LogP contribution in [0.4, 0.5) is 10.5 Å². The number of carboxylic acid groups (broad SMARTS) is 1. The van der Waals surface area contributed by atoms with Crippen molar-refractivity contribution in [2.45, 2.75) is 62.8 Å². The number of nitro benzene ring substituents is 1. The van der Waals surface area contributed by atoms with Crippen molar-refractivity contribution in [1.29, 1.82) is 0 Å². The highest BCUT2D eigenvalue weighted by Crippen LogP contribution is 2.37. The van der Waals surface area contributed by atoms with E-state index in [0.29, 0.717) is 10.0 Å². The monoisotopic (exact) mass is 541 g/mol. The van der Waals surface area contributed by atoms with Gasteiger partial charge in [-0.05, 0) is 31.1 Å². The zero-order chi connectivity index (χ0) is 27.5. The summed E-state index contributed by atoms with van der Waals surface area (Å²) in [6.07, 6.45) is 1.68. The number of amides is 1. The molecule has 1 aromatic rings. The third kappa shape index (κ3) is 6.40. The molecule has 0 aliphatic carbocycles. The molecule has 11 nitrogen and oxygen atoms in total. The summed E-state index contributed by atoms with van der Waals surface area (Å²) in [5.74, 6) is 0. The predicted octanol–water partition coefficient (Wildman–Crippen LogP) is 4.40. The molecule has 0 saturated heterocycles. The van der Waals surface area contributed by atoms with Crippen molar-refractivity contribution in [3.63, 3.8) is 0 Å². The van der Waals surface area contributed by atoms with Crippen molar-refractivity contribution >= 4 is 30.1 Å². The molecule has 0 aromatic heterocycles. The Hall–Kier alpha value is -2.58. The number of carbonyl (C=O) groups is 1. The van der Waals surface area contributed by atoms with Crippen LogP contribution in [0.1, 0.15) is 27.7 Å². The molecule has 13 heteroatoms. The molecule has 36 heavy (non-hydrogen) atoms. The fraction of sp³-hybridized carbons (Fsp3) is 0.522. The fourth-order valence-corrected chi connectivity index (χ4v) is 6.04. The summed E-state index contributed by atoms with van der Waals surface area (Å²) < 4.78 is 34.0. The minimum Gasteiger partial charge on any atom is -0.465 e. The Morgan fingerprint density at radius 1 is 1.36 bits per heavy atom. The zero-order valence-corrected chi connectivity index (χ0v) is 23.3. The molecule has 1 aliphatic rings. The highest BCUT2D eigenvalue weighted by atomic mass is 32.2. The third-order valence-corrected chi connectivity index (χ3v) is 12.8. The number of benzene rings is 1. The summed E-state index contributed by atoms with van der Waals surface area (Å²) in [6, 6.07) is 3.22. The van der Waals surface area contributed by atoms with Crippen LogP contribution in [0, 0.1) is 10.1 Å². The van der Waals surface area contributed by atoms with Gasteiger partial charge in [0.2, 0.25) is 0 Å². The summed E-state index contributed by atoms with van der Waals surface area (Å²) in [6.45, 7) is 15.2. The lowest BCUT2D eigenvalue weighted by atomic mass is 10.00. The molecule has 1 aromatic carbocycles. The maximum atomic E-state index is 13.5. The smallest absolute Gasteiger partial charge is 0.407 e. The molecule has 200 valence electrons. The average molecular weight is 542 g/mol. The summed E-state index contributed by atoms with van der Waals surface area (Å²) in [5.41, 5.74) is -0.0331. The maximum Gasteiger partial charge on any atom is 0.407 e. The number of nitro groups is 1. The number of sulfonamides is 1. The Morgan fingerprint density at radius 3 is 2.50 bits per heavy atom. The van der Waals surface area contributed by atoms with Crippen molar-refractivity contribution in [3.8, 4) is 0 Å². The Balaban J connectivity index is 2.50. The molecular weight excluding hydrogens is 506 g/mol. The maximum absolute atomic E-state index is 13.5. The van der Waals surface area contributed by atoms with E-state index in [2.05, 4.69) is 40.4 Å². The van der Waals surface area contributed by atoms with Crippen molar-refractivity contribution in [2.75, 3.05) is 19.8 Å². The van der Waals surface area contributed by atoms with Crippen molar-refractivity contribution in [3.05, 3.63) is 58.7 Å². The lowest BCUT2D eigenvalue weighted by Gasteiger charge is -2.42. The van der Waals surface area contributed by atoms with E-state index in [1.807, 2.05) is 0 Å². The molecule has 0 spiro atoms. The number of nitrogens with zero attached hydrogens (tertiary/aromatic N) is 3. The fourth-order valence-electron chi connectivity index (χ4n) is 3.50. The van der Waals surface area contributed by atoms with Crippen molar-refractivity contribution in [1.82, 2.24) is 9.37 Å². The molecule has 1 N–H and O–H groups in total. The molecule has 0 radical (unpaired) electrons. The van der Waals surface area contributed by atoms with Gasteiger partial charge in [0.05, 0.1) is 30.2 Å². The molecule has 2 atom stereocenters. The number of hydroxylamine groups is 1. The van der Waals surface area contributed by atoms with E-state index in [1.54, 1.807) is 13.0 Å². The molecular formula is C23H35N3O8SSi. The summed E-state index contributed by atoms with van der Waals surface area (Å²) in [7, 11) is -6.74. The van der Waals surface area contributed by atoms with Crippen LogP contribution in [0.15, 0.2) is 53.5 Å². The molecule has 2 rings (SSSR count). The van der Waals surface area contributed by atoms with Crippen LogP contribution in [-0.2, 0) is 19.3 Å². The first-order chi connectivity index (χ1) is 16.5. The van der Waals surface area contributed by atoms with E-state index in [1.165, 1.54) is 18.2 Å². The summed E-state index contributed by atoms with van der Waals surface area (Å²) in [4.78, 5) is 29.0. The minimum absolute atomic E-state index is 0.0797. The number of rotatable bonds is 10. The van der Waals surface area contributed by atoms with E-state index >= 15 is 0 Å². The highest BCUT2D eigenvalue weighted by molar-refractivity contribution is 7.89. The van der Waals surface area contributed by atoms with Gasteiger partial charge in [-0.2, -0.15) is 0 Å². The number of para-hydroxylation sites is 1. The highest BCUT2D eigenvalue weighted by Gasteiger charge is 2.43. The molecule has 1 aliphatic heterocycles. The van der Waals surface area contributed by atoms with Crippen LogP contribution in [-0.4, -0.2) is 74.1 Å². The Morgan fingerprint density at radius 2 is 1.97 bits per heavy atom. The molecule has 0 bridgehead atoms. The Labute approximate surface area is 213 Å². The second-order valence-electron chi connectivity index (χ2n) is 10.1. The van der Waals surface area contributed by atoms with Gasteiger partial charge in [0.25, 0.3) is 15.7 Å². The molecule has 0 saturated carbocycles. The summed E-state index contributed by atoms with van der Waals surface area (Å²) >= 11 is 0. The average Bonchev–Trinajstić information content (AvgIpc) is 2.77. The first-order valence-electron chi connectivity index (χ1n) is 11.4. The first-order valence-corrected chi connectivity index (χ1v) is 15.7. The van der Waals surface area contributed by atoms with Crippen LogP contribution >= 0.6 is 0 Å². The Bertz CT molecular complexity index is 1130. The van der Waals surface area contributed by atoms with Gasteiger partial charge in [0.15, 0.2) is 13.2 Å². The van der Waals surface area contributed by atoms with E-state index in [0.717, 1.165) is 17.0 Å². The second-order valence-corrected chi connectivity index (χ2v) is 16.6. The van der Waals surface area contributed by atoms with Crippen LogP contribution < -0.4 is 0 Å². The van der Waals surface area contributed by atoms with Crippen LogP contribution in [0.2, 0.25) is 18.1 Å². The number of hydrogen-bond acceptors (Lipinski definition) is 7. The minimum atomic E-state index is -4.56. The van der Waals surface area contributed by atoms with E-state index in [9.17, 15) is 28.4 Å². The Kier molecular flexibility index (Phi) is 9.23. The normalized spacial score (nSPS) is 19.2. The third-order valence-electron chi connectivity index (χ3n) is 6.56. The van der Waals surface area contributed by atoms with Gasteiger partial charge < -0.3 is 9.53 Å². The zero-order valence-electron chi connectivity index (χ0n) is 21.5. The number of hydrogen-bond donors (Lipinski definition) is 1. The van der Waals surface area contributed by atoms with Gasteiger partial charge in [0.1, 0.15) is 0 Å². The van der Waals surface area contributed by atoms with E-state index in [-0.39, 0.29) is 24.8 Å². The van der Waals surface area contributed by atoms with Gasteiger partial charge in [-0.3, -0.25) is 19.9 Å². The SMILES string of the molecule is C=CCON([C@@H]1C=C(C)[C@@H](CO[Si](C)(C)C(C)(C)C)N(C(=O)O)C1)S(=O)(=O)c1ccccc1[N+](=O)[O-]. The molecule has 0 unspecified atom stereocenters.